The molecule has 0 fully saturated rings. The average Bonchev–Trinajstić information content (AvgIpc) is 3.34. The van der Waals surface area contributed by atoms with Gasteiger partial charge in [-0.25, -0.2) is 9.97 Å². The van der Waals surface area contributed by atoms with Crippen molar-refractivity contribution in [3.63, 3.8) is 0 Å². The average molecular weight is 554 g/mol. The van der Waals surface area contributed by atoms with Gasteiger partial charge in [-0.1, -0.05) is 18.7 Å². The van der Waals surface area contributed by atoms with E-state index < -0.39 is 0 Å². The third-order valence-electron chi connectivity index (χ3n) is 7.73. The van der Waals surface area contributed by atoms with Gasteiger partial charge in [0.15, 0.2) is 0 Å². The Morgan fingerprint density at radius 3 is 2.68 bits per heavy atom. The first kappa shape index (κ1) is 28.2. The van der Waals surface area contributed by atoms with Crippen molar-refractivity contribution in [3.05, 3.63) is 66.0 Å². The Hall–Kier alpha value is -4.37. The molecule has 9 nitrogen and oxygen atoms in total. The number of rotatable bonds is 10. The fraction of sp³-hybridized carbons (Fsp3) is 0.344. The zero-order valence-electron chi connectivity index (χ0n) is 24.8. The number of hydrogen-bond donors (Lipinski definition) is 2. The molecule has 5 rings (SSSR count). The molecule has 0 bridgehead atoms. The topological polar surface area (TPSA) is 87.5 Å². The van der Waals surface area contributed by atoms with E-state index in [1.807, 2.05) is 46.4 Å². The first-order valence-corrected chi connectivity index (χ1v) is 13.9. The molecular weight excluding hydrogens is 514 g/mol. The molecule has 2 aromatic heterocycles. The minimum absolute atomic E-state index is 0.291. The second kappa shape index (κ2) is 11.6. The summed E-state index contributed by atoms with van der Waals surface area (Å²) in [6, 6.07) is 8.20. The van der Waals surface area contributed by atoms with Gasteiger partial charge in [0.1, 0.15) is 5.75 Å². The second-order valence-electron chi connectivity index (χ2n) is 10.9. The van der Waals surface area contributed by atoms with Crippen molar-refractivity contribution in [1.29, 1.82) is 0 Å². The molecule has 0 atom stereocenters. The van der Waals surface area contributed by atoms with Crippen LogP contribution in [0.1, 0.15) is 23.1 Å². The molecule has 0 saturated carbocycles. The number of hydrogen-bond acceptors (Lipinski definition) is 7. The normalized spacial score (nSPS) is 12.5. The van der Waals surface area contributed by atoms with E-state index >= 15 is 0 Å². The maximum absolute atomic E-state index is 12.3. The van der Waals surface area contributed by atoms with Gasteiger partial charge in [0, 0.05) is 56.1 Å². The predicted octanol–water partition coefficient (Wildman–Crippen LogP) is 5.54. The molecule has 0 radical (unpaired) electrons. The molecule has 0 saturated heterocycles. The molecule has 2 aromatic carbocycles. The monoisotopic (exact) mass is 553 g/mol. The molecule has 4 aromatic rings. The van der Waals surface area contributed by atoms with Crippen LogP contribution in [0.2, 0.25) is 0 Å². The number of nitrogens with one attached hydrogen (secondary N) is 2. The van der Waals surface area contributed by atoms with E-state index in [1.54, 1.807) is 7.11 Å². The number of aromatic nitrogens is 3. The molecule has 214 valence electrons. The number of carbonyl (C=O) groups excluding carboxylic acids is 1. The Balaban J connectivity index is 1.54. The van der Waals surface area contributed by atoms with Crippen molar-refractivity contribution < 1.29 is 9.53 Å². The van der Waals surface area contributed by atoms with Crippen LogP contribution in [0.4, 0.5) is 23.0 Å². The summed E-state index contributed by atoms with van der Waals surface area (Å²) < 4.78 is 8.14. The van der Waals surface area contributed by atoms with Crippen LogP contribution in [0.25, 0.3) is 22.2 Å². The van der Waals surface area contributed by atoms with Crippen LogP contribution in [-0.2, 0) is 17.8 Å². The van der Waals surface area contributed by atoms with E-state index in [2.05, 4.69) is 61.8 Å². The molecule has 0 spiro atoms. The lowest BCUT2D eigenvalue weighted by Crippen LogP contribution is -2.29. The second-order valence-corrected chi connectivity index (χ2v) is 10.9. The van der Waals surface area contributed by atoms with Gasteiger partial charge in [0.25, 0.3) is 0 Å². The Morgan fingerprint density at radius 2 is 1.95 bits per heavy atom. The summed E-state index contributed by atoms with van der Waals surface area (Å²) in [7, 11) is 7.68. The van der Waals surface area contributed by atoms with E-state index in [0.29, 0.717) is 23.1 Å². The van der Waals surface area contributed by atoms with Crippen molar-refractivity contribution in [2.75, 3.05) is 56.9 Å². The van der Waals surface area contributed by atoms with Gasteiger partial charge < -0.3 is 29.7 Å². The molecule has 9 heteroatoms. The first-order chi connectivity index (χ1) is 19.7. The highest BCUT2D eigenvalue weighted by molar-refractivity contribution is 6.02. The van der Waals surface area contributed by atoms with Crippen LogP contribution in [0.5, 0.6) is 5.75 Å². The van der Waals surface area contributed by atoms with E-state index in [0.717, 1.165) is 55.0 Å². The smallest absolute Gasteiger partial charge is 0.247 e. The van der Waals surface area contributed by atoms with E-state index in [1.165, 1.54) is 28.1 Å². The van der Waals surface area contributed by atoms with Crippen molar-refractivity contribution in [2.24, 2.45) is 0 Å². The maximum atomic E-state index is 12.3. The molecule has 41 heavy (non-hydrogen) atoms. The molecule has 1 aliphatic heterocycles. The molecular formula is C32H39N7O2. The van der Waals surface area contributed by atoms with Gasteiger partial charge in [-0.3, -0.25) is 4.79 Å². The lowest BCUT2D eigenvalue weighted by Gasteiger charge is -2.26. The molecule has 0 aliphatic carbocycles. The zero-order chi connectivity index (χ0) is 29.3. The fourth-order valence-corrected chi connectivity index (χ4v) is 5.48. The van der Waals surface area contributed by atoms with Crippen LogP contribution >= 0.6 is 0 Å². The van der Waals surface area contributed by atoms with Gasteiger partial charge in [-0.15, -0.1) is 0 Å². The summed E-state index contributed by atoms with van der Waals surface area (Å²) in [6.07, 6.45) is 7.58. The standard InChI is InChI=1S/C32H39N7O2/c1-8-29(40)34-25-16-26(28(41-7)17-27(25)38(6)15-14-37(4)5)35-32-33-18-21(3)30(36-32)24-19-39-13-9-10-22-20(2)11-12-23(24)31(22)39/h8,11-12,16-19H,1,9-10,13-15H2,2-7H3,(H,34,40)(H,33,35,36). The number of methoxy groups -OCH3 is 1. The Bertz CT molecular complexity index is 1620. The highest BCUT2D eigenvalue weighted by atomic mass is 16.5. The SMILES string of the molecule is C=CC(=O)Nc1cc(Nc2ncc(C)c(-c3cn4c5c(c(C)ccc35)CCC4)n2)c(OC)cc1N(C)CCN(C)C. The summed E-state index contributed by atoms with van der Waals surface area (Å²) in [6.45, 7) is 10.5. The zero-order valence-corrected chi connectivity index (χ0v) is 24.8. The minimum atomic E-state index is -0.291. The number of benzene rings is 2. The maximum Gasteiger partial charge on any atom is 0.247 e. The quantitative estimate of drug-likeness (QED) is 0.250. The van der Waals surface area contributed by atoms with Crippen molar-refractivity contribution in [1.82, 2.24) is 19.4 Å². The third kappa shape index (κ3) is 5.63. The van der Waals surface area contributed by atoms with E-state index in [9.17, 15) is 4.79 Å². The number of carbonyl (C=O) groups is 1. The summed E-state index contributed by atoms with van der Waals surface area (Å²) in [5.74, 6) is 0.768. The van der Waals surface area contributed by atoms with Crippen LogP contribution in [-0.4, -0.2) is 66.7 Å². The predicted molar refractivity (Wildman–Crippen MR) is 168 cm³/mol. The lowest BCUT2D eigenvalue weighted by molar-refractivity contribution is -0.111. The summed E-state index contributed by atoms with van der Waals surface area (Å²) in [5.41, 5.74) is 9.20. The number of aryl methyl sites for hydroxylation is 4. The first-order valence-electron chi connectivity index (χ1n) is 13.9. The molecule has 0 unspecified atom stereocenters. The van der Waals surface area contributed by atoms with Gasteiger partial charge in [-0.2, -0.15) is 0 Å². The van der Waals surface area contributed by atoms with Crippen molar-refractivity contribution in [3.8, 4) is 17.0 Å². The number of ether oxygens (including phenoxy) is 1. The van der Waals surface area contributed by atoms with Crippen LogP contribution in [0.15, 0.2) is 49.3 Å². The minimum Gasteiger partial charge on any atom is -0.494 e. The van der Waals surface area contributed by atoms with E-state index in [-0.39, 0.29) is 5.91 Å². The van der Waals surface area contributed by atoms with E-state index in [4.69, 9.17) is 9.72 Å². The summed E-state index contributed by atoms with van der Waals surface area (Å²) in [4.78, 5) is 26.1. The summed E-state index contributed by atoms with van der Waals surface area (Å²) in [5, 5.41) is 7.52. The van der Waals surface area contributed by atoms with Crippen LogP contribution in [0.3, 0.4) is 0 Å². The lowest BCUT2D eigenvalue weighted by atomic mass is 9.97. The van der Waals surface area contributed by atoms with Crippen LogP contribution in [0, 0.1) is 13.8 Å². The van der Waals surface area contributed by atoms with Gasteiger partial charge in [0.2, 0.25) is 11.9 Å². The Kier molecular flexibility index (Phi) is 7.99. The van der Waals surface area contributed by atoms with Crippen molar-refractivity contribution >= 4 is 39.8 Å². The third-order valence-corrected chi connectivity index (χ3v) is 7.73. The van der Waals surface area contributed by atoms with Crippen LogP contribution < -0.4 is 20.3 Å². The molecule has 3 heterocycles. The van der Waals surface area contributed by atoms with Gasteiger partial charge in [0.05, 0.1) is 35.4 Å². The Morgan fingerprint density at radius 1 is 1.15 bits per heavy atom. The number of anilines is 4. The highest BCUT2D eigenvalue weighted by Gasteiger charge is 2.21. The Labute approximate surface area is 241 Å². The van der Waals surface area contributed by atoms with Gasteiger partial charge >= 0.3 is 0 Å². The number of nitrogens with zero attached hydrogens (tertiary/aromatic N) is 5. The fourth-order valence-electron chi connectivity index (χ4n) is 5.48. The summed E-state index contributed by atoms with van der Waals surface area (Å²) >= 11 is 0. The number of likely N-dealkylation sites (N-methyl/N-ethyl adjacent to an activating group) is 2. The highest BCUT2D eigenvalue weighted by Crippen LogP contribution is 2.40. The molecule has 1 aliphatic rings. The van der Waals surface area contributed by atoms with Crippen molar-refractivity contribution in [2.45, 2.75) is 33.2 Å². The molecule has 2 N–H and O–H groups in total. The molecule has 1 amide bonds. The number of amides is 1. The van der Waals surface area contributed by atoms with Gasteiger partial charge in [-0.05, 0) is 69.6 Å². The largest absolute Gasteiger partial charge is 0.494 e.